The van der Waals surface area contributed by atoms with Crippen LogP contribution in [0.1, 0.15) is 17.5 Å². The van der Waals surface area contributed by atoms with Gasteiger partial charge in [0.2, 0.25) is 5.91 Å². The van der Waals surface area contributed by atoms with Gasteiger partial charge in [0.15, 0.2) is 5.82 Å². The number of amides is 1. The van der Waals surface area contributed by atoms with E-state index in [1.807, 2.05) is 6.92 Å². The van der Waals surface area contributed by atoms with E-state index in [0.29, 0.717) is 22.8 Å². The minimum absolute atomic E-state index is 0.0861. The van der Waals surface area contributed by atoms with Crippen LogP contribution in [-0.4, -0.2) is 31.4 Å². The molecule has 0 aliphatic heterocycles. The number of carbonyl (C=O) groups is 1. The van der Waals surface area contributed by atoms with Crippen molar-refractivity contribution in [1.82, 2.24) is 20.4 Å². The van der Waals surface area contributed by atoms with Crippen molar-refractivity contribution in [1.29, 1.82) is 0 Å². The second-order valence-electron chi connectivity index (χ2n) is 5.57. The summed E-state index contributed by atoms with van der Waals surface area (Å²) in [5.41, 5.74) is 3.24. The van der Waals surface area contributed by atoms with E-state index in [4.69, 9.17) is 11.6 Å². The smallest absolute Gasteiger partial charge is 0.225 e. The SMILES string of the molecule is Cc1cnncc1-c1cc(NC(=O)CCc2ccc(Cl)cc2O)n[nH]1. The van der Waals surface area contributed by atoms with E-state index in [0.717, 1.165) is 16.8 Å². The molecule has 1 aromatic carbocycles. The highest BCUT2D eigenvalue weighted by Crippen LogP contribution is 2.24. The van der Waals surface area contributed by atoms with Crippen LogP contribution in [0.4, 0.5) is 5.82 Å². The first-order valence-electron chi connectivity index (χ1n) is 7.63. The molecule has 0 bridgehead atoms. The van der Waals surface area contributed by atoms with Crippen molar-refractivity contribution in [2.24, 2.45) is 0 Å². The molecule has 0 fully saturated rings. The number of halogens is 1. The van der Waals surface area contributed by atoms with Gasteiger partial charge in [0.25, 0.3) is 0 Å². The number of phenolic OH excluding ortho intramolecular Hbond substituents is 1. The van der Waals surface area contributed by atoms with E-state index in [1.165, 1.54) is 6.07 Å². The number of aryl methyl sites for hydroxylation is 2. The molecule has 3 aromatic rings. The first kappa shape index (κ1) is 16.9. The lowest BCUT2D eigenvalue weighted by Gasteiger charge is -2.05. The van der Waals surface area contributed by atoms with E-state index < -0.39 is 0 Å². The van der Waals surface area contributed by atoms with Crippen LogP contribution in [0, 0.1) is 6.92 Å². The molecular formula is C17H16ClN5O2. The molecule has 1 amide bonds. The molecule has 0 radical (unpaired) electrons. The molecule has 3 N–H and O–H groups in total. The molecule has 25 heavy (non-hydrogen) atoms. The summed E-state index contributed by atoms with van der Waals surface area (Å²) in [5.74, 6) is 0.316. The number of rotatable bonds is 5. The number of benzene rings is 1. The highest BCUT2D eigenvalue weighted by atomic mass is 35.5. The van der Waals surface area contributed by atoms with Crippen molar-refractivity contribution in [3.8, 4) is 17.0 Å². The third-order valence-electron chi connectivity index (χ3n) is 3.73. The topological polar surface area (TPSA) is 104 Å². The molecule has 0 unspecified atom stereocenters. The molecule has 3 rings (SSSR count). The zero-order chi connectivity index (χ0) is 17.8. The van der Waals surface area contributed by atoms with Gasteiger partial charge in [-0.2, -0.15) is 15.3 Å². The van der Waals surface area contributed by atoms with Crippen molar-refractivity contribution in [2.45, 2.75) is 19.8 Å². The summed E-state index contributed by atoms with van der Waals surface area (Å²) >= 11 is 5.79. The summed E-state index contributed by atoms with van der Waals surface area (Å²) in [6.45, 7) is 1.92. The molecule has 7 nitrogen and oxygen atoms in total. The van der Waals surface area contributed by atoms with Gasteiger partial charge >= 0.3 is 0 Å². The highest BCUT2D eigenvalue weighted by molar-refractivity contribution is 6.30. The van der Waals surface area contributed by atoms with Crippen LogP contribution in [0.5, 0.6) is 5.75 Å². The molecule has 128 valence electrons. The molecule has 0 aliphatic rings. The fourth-order valence-corrected chi connectivity index (χ4v) is 2.56. The Bertz CT molecular complexity index is 910. The number of nitrogens with one attached hydrogen (secondary N) is 2. The van der Waals surface area contributed by atoms with Crippen molar-refractivity contribution >= 4 is 23.3 Å². The van der Waals surface area contributed by atoms with Crippen LogP contribution >= 0.6 is 11.6 Å². The number of hydrogen-bond donors (Lipinski definition) is 3. The summed E-state index contributed by atoms with van der Waals surface area (Å²) < 4.78 is 0. The molecule has 8 heteroatoms. The van der Waals surface area contributed by atoms with Crippen LogP contribution in [0.25, 0.3) is 11.3 Å². The number of aromatic amines is 1. The molecule has 0 saturated heterocycles. The minimum Gasteiger partial charge on any atom is -0.508 e. The van der Waals surface area contributed by atoms with Crippen molar-refractivity contribution in [3.05, 3.63) is 52.8 Å². The average molecular weight is 358 g/mol. The molecule has 0 atom stereocenters. The predicted molar refractivity (Wildman–Crippen MR) is 94.4 cm³/mol. The van der Waals surface area contributed by atoms with Crippen LogP contribution in [-0.2, 0) is 11.2 Å². The standard InChI is InChI=1S/C17H16ClN5O2/c1-10-8-19-20-9-13(10)14-7-16(23-22-14)21-17(25)5-3-11-2-4-12(18)6-15(11)24/h2,4,6-9,24H,3,5H2,1H3,(H2,21,22,23,25). The molecule has 0 spiro atoms. The van der Waals surface area contributed by atoms with Crippen LogP contribution in [0.2, 0.25) is 5.02 Å². The summed E-state index contributed by atoms with van der Waals surface area (Å²) in [6, 6.07) is 6.58. The van der Waals surface area contributed by atoms with Gasteiger partial charge in [-0.1, -0.05) is 17.7 Å². The second kappa shape index (κ2) is 7.31. The number of aromatic nitrogens is 4. The third-order valence-corrected chi connectivity index (χ3v) is 3.97. The van der Waals surface area contributed by atoms with Crippen molar-refractivity contribution < 1.29 is 9.90 Å². The summed E-state index contributed by atoms with van der Waals surface area (Å²) in [7, 11) is 0. The van der Waals surface area contributed by atoms with Crippen molar-refractivity contribution in [3.63, 3.8) is 0 Å². The van der Waals surface area contributed by atoms with Gasteiger partial charge in [-0.25, -0.2) is 0 Å². The van der Waals surface area contributed by atoms with Crippen LogP contribution in [0.3, 0.4) is 0 Å². The number of anilines is 1. The fraction of sp³-hybridized carbons (Fsp3) is 0.176. The molecular weight excluding hydrogens is 342 g/mol. The Morgan fingerprint density at radius 2 is 2.08 bits per heavy atom. The van der Waals surface area contributed by atoms with Gasteiger partial charge in [-0.15, -0.1) is 0 Å². The normalized spacial score (nSPS) is 10.6. The molecule has 0 saturated carbocycles. The zero-order valence-corrected chi connectivity index (χ0v) is 14.2. The van der Waals surface area contributed by atoms with Crippen molar-refractivity contribution in [2.75, 3.05) is 5.32 Å². The van der Waals surface area contributed by atoms with E-state index in [1.54, 1.807) is 30.6 Å². The predicted octanol–water partition coefficient (Wildman–Crippen LogP) is 3.11. The Hall–Kier alpha value is -2.93. The summed E-state index contributed by atoms with van der Waals surface area (Å²) in [6.07, 6.45) is 3.91. The average Bonchev–Trinajstić information content (AvgIpc) is 3.02. The van der Waals surface area contributed by atoms with Crippen LogP contribution < -0.4 is 5.32 Å². The van der Waals surface area contributed by atoms with Gasteiger partial charge < -0.3 is 10.4 Å². The Morgan fingerprint density at radius 3 is 2.84 bits per heavy atom. The van der Waals surface area contributed by atoms with Gasteiger partial charge in [0, 0.05) is 23.1 Å². The lowest BCUT2D eigenvalue weighted by molar-refractivity contribution is -0.116. The quantitative estimate of drug-likeness (QED) is 0.651. The minimum atomic E-state index is -0.197. The van der Waals surface area contributed by atoms with E-state index >= 15 is 0 Å². The summed E-state index contributed by atoms with van der Waals surface area (Å²) in [4.78, 5) is 12.1. The molecule has 0 aliphatic carbocycles. The maximum absolute atomic E-state index is 12.1. The van der Waals surface area contributed by atoms with E-state index in [-0.39, 0.29) is 18.1 Å². The van der Waals surface area contributed by atoms with Gasteiger partial charge in [0.1, 0.15) is 5.75 Å². The first-order valence-corrected chi connectivity index (χ1v) is 8.01. The Labute approximate surface area is 149 Å². The zero-order valence-electron chi connectivity index (χ0n) is 13.5. The molecule has 2 heterocycles. The maximum atomic E-state index is 12.1. The lowest BCUT2D eigenvalue weighted by Crippen LogP contribution is -2.12. The number of H-pyrrole nitrogens is 1. The Kier molecular flexibility index (Phi) is 4.95. The fourth-order valence-electron chi connectivity index (χ4n) is 2.39. The van der Waals surface area contributed by atoms with E-state index in [9.17, 15) is 9.90 Å². The number of phenols is 1. The number of nitrogens with zero attached hydrogens (tertiary/aromatic N) is 3. The maximum Gasteiger partial charge on any atom is 0.225 e. The number of aromatic hydroxyl groups is 1. The number of hydrogen-bond acceptors (Lipinski definition) is 5. The second-order valence-corrected chi connectivity index (χ2v) is 6.01. The van der Waals surface area contributed by atoms with Gasteiger partial charge in [-0.05, 0) is 36.6 Å². The van der Waals surface area contributed by atoms with Crippen LogP contribution in [0.15, 0.2) is 36.7 Å². The van der Waals surface area contributed by atoms with Gasteiger partial charge in [-0.3, -0.25) is 9.89 Å². The highest BCUT2D eigenvalue weighted by Gasteiger charge is 2.10. The largest absolute Gasteiger partial charge is 0.508 e. The van der Waals surface area contributed by atoms with E-state index in [2.05, 4.69) is 25.7 Å². The molecule has 2 aromatic heterocycles. The lowest BCUT2D eigenvalue weighted by atomic mass is 10.1. The summed E-state index contributed by atoms with van der Waals surface area (Å²) in [5, 5.41) is 27.6. The Morgan fingerprint density at radius 1 is 1.28 bits per heavy atom. The van der Waals surface area contributed by atoms with Gasteiger partial charge in [0.05, 0.1) is 18.1 Å². The monoisotopic (exact) mass is 357 g/mol. The third kappa shape index (κ3) is 4.13. The first-order chi connectivity index (χ1) is 12.0. The number of carbonyl (C=O) groups excluding carboxylic acids is 1. The Balaban J connectivity index is 1.61.